The molecule has 0 unspecified atom stereocenters. The highest BCUT2D eigenvalue weighted by Gasteiger charge is 2.32. The standard InChI is InChI=1S/C13H21N3O3S2/c1-13(2,14)12(17)16-7-5-10(6-8-16)15-21(18,19)11-4-3-9-20-11/h3-4,9-10,15H,5-8,14H2,1-2H3. The third kappa shape index (κ3) is 4.03. The van der Waals surface area contributed by atoms with Crippen molar-refractivity contribution in [2.75, 3.05) is 13.1 Å². The summed E-state index contributed by atoms with van der Waals surface area (Å²) in [6, 6.07) is 3.16. The smallest absolute Gasteiger partial charge is 0.250 e. The number of nitrogens with zero attached hydrogens (tertiary/aromatic N) is 1. The number of amides is 1. The van der Waals surface area contributed by atoms with Gasteiger partial charge in [-0.3, -0.25) is 4.79 Å². The first kappa shape index (κ1) is 16.4. The van der Waals surface area contributed by atoms with Gasteiger partial charge in [0, 0.05) is 19.1 Å². The van der Waals surface area contributed by atoms with E-state index in [-0.39, 0.29) is 11.9 Å². The summed E-state index contributed by atoms with van der Waals surface area (Å²) < 4.78 is 27.3. The zero-order valence-corrected chi connectivity index (χ0v) is 13.8. The van der Waals surface area contributed by atoms with E-state index >= 15 is 0 Å². The molecule has 0 aliphatic carbocycles. The Balaban J connectivity index is 1.92. The summed E-state index contributed by atoms with van der Waals surface area (Å²) in [7, 11) is -3.44. The van der Waals surface area contributed by atoms with Gasteiger partial charge in [0.2, 0.25) is 15.9 Å². The maximum atomic E-state index is 12.1. The highest BCUT2D eigenvalue weighted by Crippen LogP contribution is 2.19. The van der Waals surface area contributed by atoms with Gasteiger partial charge in [-0.1, -0.05) is 6.07 Å². The van der Waals surface area contributed by atoms with E-state index in [0.717, 1.165) is 0 Å². The van der Waals surface area contributed by atoms with E-state index in [4.69, 9.17) is 5.73 Å². The van der Waals surface area contributed by atoms with Crippen molar-refractivity contribution in [3.05, 3.63) is 17.5 Å². The van der Waals surface area contributed by atoms with E-state index in [1.54, 1.807) is 36.3 Å². The topological polar surface area (TPSA) is 92.5 Å². The molecule has 1 amide bonds. The summed E-state index contributed by atoms with van der Waals surface area (Å²) in [6.45, 7) is 4.41. The zero-order valence-electron chi connectivity index (χ0n) is 12.2. The minimum absolute atomic E-state index is 0.0953. The van der Waals surface area contributed by atoms with Gasteiger partial charge in [0.1, 0.15) is 4.21 Å². The number of nitrogens with two attached hydrogens (primary N) is 1. The molecule has 0 bridgehead atoms. The Morgan fingerprint density at radius 3 is 2.52 bits per heavy atom. The van der Waals surface area contributed by atoms with E-state index in [2.05, 4.69) is 4.72 Å². The van der Waals surface area contributed by atoms with Gasteiger partial charge in [-0.05, 0) is 38.1 Å². The second-order valence-electron chi connectivity index (χ2n) is 5.84. The highest BCUT2D eigenvalue weighted by atomic mass is 32.2. The Labute approximate surface area is 129 Å². The fraction of sp³-hybridized carbons (Fsp3) is 0.615. The number of hydrogen-bond donors (Lipinski definition) is 2. The van der Waals surface area contributed by atoms with Crippen LogP contribution in [0.1, 0.15) is 26.7 Å². The number of sulfonamides is 1. The lowest BCUT2D eigenvalue weighted by atomic mass is 10.0. The van der Waals surface area contributed by atoms with Gasteiger partial charge in [0.15, 0.2) is 0 Å². The molecule has 3 N–H and O–H groups in total. The molecule has 8 heteroatoms. The van der Waals surface area contributed by atoms with Crippen molar-refractivity contribution in [1.29, 1.82) is 0 Å². The quantitative estimate of drug-likeness (QED) is 0.852. The molecule has 1 aromatic rings. The van der Waals surface area contributed by atoms with Gasteiger partial charge in [0.25, 0.3) is 0 Å². The first-order valence-electron chi connectivity index (χ1n) is 6.84. The molecule has 6 nitrogen and oxygen atoms in total. The van der Waals surface area contributed by atoms with Crippen LogP contribution in [0.4, 0.5) is 0 Å². The molecule has 118 valence electrons. The lowest BCUT2D eigenvalue weighted by Crippen LogP contribution is -2.55. The lowest BCUT2D eigenvalue weighted by Gasteiger charge is -2.35. The van der Waals surface area contributed by atoms with Crippen molar-refractivity contribution < 1.29 is 13.2 Å². The molecular weight excluding hydrogens is 310 g/mol. The van der Waals surface area contributed by atoms with Crippen LogP contribution in [-0.2, 0) is 14.8 Å². The Morgan fingerprint density at radius 1 is 1.43 bits per heavy atom. The third-order valence-corrected chi connectivity index (χ3v) is 6.33. The average molecular weight is 331 g/mol. The Bertz CT molecular complexity index is 583. The van der Waals surface area contributed by atoms with Gasteiger partial charge >= 0.3 is 0 Å². The summed E-state index contributed by atoms with van der Waals surface area (Å²) >= 11 is 1.20. The van der Waals surface area contributed by atoms with Crippen LogP contribution >= 0.6 is 11.3 Å². The molecule has 1 saturated heterocycles. The highest BCUT2D eigenvalue weighted by molar-refractivity contribution is 7.91. The maximum absolute atomic E-state index is 12.1. The van der Waals surface area contributed by atoms with Crippen LogP contribution in [0.2, 0.25) is 0 Å². The van der Waals surface area contributed by atoms with Crippen molar-refractivity contribution in [2.45, 2.75) is 42.5 Å². The van der Waals surface area contributed by atoms with Crippen LogP contribution in [-0.4, -0.2) is 43.9 Å². The molecule has 2 heterocycles. The fourth-order valence-electron chi connectivity index (χ4n) is 2.30. The number of carbonyl (C=O) groups is 1. The van der Waals surface area contributed by atoms with Gasteiger partial charge in [0.05, 0.1) is 5.54 Å². The molecule has 2 rings (SSSR count). The zero-order chi connectivity index (χ0) is 15.7. The summed E-state index contributed by atoms with van der Waals surface area (Å²) in [6.07, 6.45) is 1.21. The average Bonchev–Trinajstić information content (AvgIpc) is 2.92. The molecule has 1 fully saturated rings. The number of piperidine rings is 1. The van der Waals surface area contributed by atoms with E-state index in [0.29, 0.717) is 30.1 Å². The summed E-state index contributed by atoms with van der Waals surface area (Å²) in [5, 5.41) is 1.74. The molecule has 0 saturated carbocycles. The van der Waals surface area contributed by atoms with E-state index in [9.17, 15) is 13.2 Å². The van der Waals surface area contributed by atoms with Crippen LogP contribution in [0.3, 0.4) is 0 Å². The van der Waals surface area contributed by atoms with E-state index < -0.39 is 15.6 Å². The predicted octanol–water partition coefficient (Wildman–Crippen LogP) is 0.755. The molecule has 0 radical (unpaired) electrons. The van der Waals surface area contributed by atoms with E-state index in [1.165, 1.54) is 11.3 Å². The molecule has 0 spiro atoms. The maximum Gasteiger partial charge on any atom is 0.250 e. The van der Waals surface area contributed by atoms with Crippen molar-refractivity contribution in [3.63, 3.8) is 0 Å². The van der Waals surface area contributed by atoms with Crippen LogP contribution in [0.15, 0.2) is 21.7 Å². The normalized spacial score (nSPS) is 18.0. The lowest BCUT2D eigenvalue weighted by molar-refractivity contribution is -0.136. The molecule has 21 heavy (non-hydrogen) atoms. The van der Waals surface area contributed by atoms with Gasteiger partial charge in [-0.15, -0.1) is 11.3 Å². The Kier molecular flexibility index (Phi) is 4.72. The van der Waals surface area contributed by atoms with Crippen LogP contribution in [0.5, 0.6) is 0 Å². The first-order valence-corrected chi connectivity index (χ1v) is 9.20. The number of nitrogens with one attached hydrogen (secondary N) is 1. The van der Waals surface area contributed by atoms with E-state index in [1.807, 2.05) is 0 Å². The molecule has 0 aromatic carbocycles. The van der Waals surface area contributed by atoms with Crippen molar-refractivity contribution in [3.8, 4) is 0 Å². The molecular formula is C13H21N3O3S2. The molecule has 0 atom stereocenters. The van der Waals surface area contributed by atoms with Crippen molar-refractivity contribution in [2.24, 2.45) is 5.73 Å². The number of likely N-dealkylation sites (tertiary alicyclic amines) is 1. The van der Waals surface area contributed by atoms with Crippen molar-refractivity contribution in [1.82, 2.24) is 9.62 Å². The minimum atomic E-state index is -3.44. The Hall–Kier alpha value is -0.960. The first-order chi connectivity index (χ1) is 9.70. The minimum Gasteiger partial charge on any atom is -0.341 e. The van der Waals surface area contributed by atoms with Gasteiger partial charge in [-0.25, -0.2) is 13.1 Å². The summed E-state index contributed by atoms with van der Waals surface area (Å²) in [5.74, 6) is -0.0953. The van der Waals surface area contributed by atoms with Crippen molar-refractivity contribution >= 4 is 27.3 Å². The number of hydrogen-bond acceptors (Lipinski definition) is 5. The fourth-order valence-corrected chi connectivity index (χ4v) is 4.62. The molecule has 1 aliphatic heterocycles. The predicted molar refractivity (Wildman–Crippen MR) is 82.5 cm³/mol. The van der Waals surface area contributed by atoms with Crippen LogP contribution in [0, 0.1) is 0 Å². The number of thiophene rings is 1. The second kappa shape index (κ2) is 6.04. The number of carbonyl (C=O) groups excluding carboxylic acids is 1. The van der Waals surface area contributed by atoms with Gasteiger partial charge in [-0.2, -0.15) is 0 Å². The van der Waals surface area contributed by atoms with Crippen LogP contribution in [0.25, 0.3) is 0 Å². The summed E-state index contributed by atoms with van der Waals surface area (Å²) in [4.78, 5) is 13.8. The SMILES string of the molecule is CC(C)(N)C(=O)N1CCC(NS(=O)(=O)c2cccs2)CC1. The summed E-state index contributed by atoms with van der Waals surface area (Å²) in [5.41, 5.74) is 4.92. The number of rotatable bonds is 4. The monoisotopic (exact) mass is 331 g/mol. The van der Waals surface area contributed by atoms with Gasteiger partial charge < -0.3 is 10.6 Å². The molecule has 1 aromatic heterocycles. The second-order valence-corrected chi connectivity index (χ2v) is 8.73. The largest absolute Gasteiger partial charge is 0.341 e. The van der Waals surface area contributed by atoms with Crippen LogP contribution < -0.4 is 10.5 Å². The third-order valence-electron chi connectivity index (χ3n) is 3.42. The molecule has 1 aliphatic rings. The Morgan fingerprint density at radius 2 is 2.05 bits per heavy atom.